The van der Waals surface area contributed by atoms with Crippen LogP contribution in [-0.4, -0.2) is 31.2 Å². The number of nitrogens with zero attached hydrogens (tertiary/aromatic N) is 1. The second-order valence-electron chi connectivity index (χ2n) is 5.89. The van der Waals surface area contributed by atoms with Gasteiger partial charge in [0.1, 0.15) is 11.6 Å². The van der Waals surface area contributed by atoms with Crippen LogP contribution >= 0.6 is 0 Å². The first-order valence-corrected chi connectivity index (χ1v) is 8.58. The normalized spacial score (nSPS) is 12.2. The molecular weight excluding hydrogens is 323 g/mol. The van der Waals surface area contributed by atoms with E-state index in [0.717, 1.165) is 10.9 Å². The van der Waals surface area contributed by atoms with E-state index in [0.29, 0.717) is 50.1 Å². The van der Waals surface area contributed by atoms with E-state index in [1.54, 1.807) is 26.2 Å². The van der Waals surface area contributed by atoms with Gasteiger partial charge in [0.05, 0.1) is 31.3 Å². The van der Waals surface area contributed by atoms with Gasteiger partial charge in [0.15, 0.2) is 0 Å². The number of carbonyl (C=O) groups is 1. The van der Waals surface area contributed by atoms with Crippen LogP contribution in [0.1, 0.15) is 31.7 Å². The third-order valence-corrected chi connectivity index (χ3v) is 4.25. The largest absolute Gasteiger partial charge is 0.497 e. The van der Waals surface area contributed by atoms with E-state index in [4.69, 9.17) is 15.2 Å². The third-order valence-electron chi connectivity index (χ3n) is 4.25. The van der Waals surface area contributed by atoms with E-state index in [1.807, 2.05) is 6.07 Å². The van der Waals surface area contributed by atoms with E-state index >= 15 is 0 Å². The Kier molecular flexibility index (Phi) is 7.13. The van der Waals surface area contributed by atoms with Gasteiger partial charge in [-0.05, 0) is 62.9 Å². The van der Waals surface area contributed by atoms with E-state index in [-0.39, 0.29) is 17.7 Å². The number of fused-ring (bicyclic) bond motifs is 1. The van der Waals surface area contributed by atoms with Crippen molar-refractivity contribution in [2.45, 2.75) is 32.6 Å². The second kappa shape index (κ2) is 9.32. The standard InChI is InChI=1S/C19H25FN2O3/c1-3-25-19(23)13(9-10-21)5-4-6-15-16-11-14(24-2)7-8-18(16)22-12-17(15)20/h7-8,11-13H,3-6,9-10,21H2,1-2H3. The SMILES string of the molecule is CCOC(=O)C(CCN)CCCc1c(F)cnc2ccc(OC)cc12. The Balaban J connectivity index is 2.13. The van der Waals surface area contributed by atoms with E-state index in [9.17, 15) is 9.18 Å². The first kappa shape index (κ1) is 19.1. The van der Waals surface area contributed by atoms with Crippen molar-refractivity contribution in [3.63, 3.8) is 0 Å². The monoisotopic (exact) mass is 348 g/mol. The lowest BCUT2D eigenvalue weighted by atomic mass is 9.95. The van der Waals surface area contributed by atoms with Crippen molar-refractivity contribution >= 4 is 16.9 Å². The van der Waals surface area contributed by atoms with Gasteiger partial charge in [0, 0.05) is 5.39 Å². The van der Waals surface area contributed by atoms with Crippen molar-refractivity contribution in [1.29, 1.82) is 0 Å². The molecule has 0 aliphatic rings. The van der Waals surface area contributed by atoms with Gasteiger partial charge in [0.2, 0.25) is 0 Å². The average Bonchev–Trinajstić information content (AvgIpc) is 2.62. The lowest BCUT2D eigenvalue weighted by Gasteiger charge is -2.15. The van der Waals surface area contributed by atoms with Crippen LogP contribution in [-0.2, 0) is 16.0 Å². The maximum atomic E-state index is 14.3. The summed E-state index contributed by atoms with van der Waals surface area (Å²) in [7, 11) is 1.57. The molecular formula is C19H25FN2O3. The Bertz CT molecular complexity index is 721. The third kappa shape index (κ3) is 4.89. The number of halogens is 1. The summed E-state index contributed by atoms with van der Waals surface area (Å²) in [6.07, 6.45) is 3.61. The number of hydrogen-bond acceptors (Lipinski definition) is 5. The van der Waals surface area contributed by atoms with Crippen molar-refractivity contribution in [3.05, 3.63) is 35.8 Å². The summed E-state index contributed by atoms with van der Waals surface area (Å²) >= 11 is 0. The number of hydrogen-bond donors (Lipinski definition) is 1. The topological polar surface area (TPSA) is 74.4 Å². The van der Waals surface area contributed by atoms with Crippen LogP contribution in [0.3, 0.4) is 0 Å². The average molecular weight is 348 g/mol. The van der Waals surface area contributed by atoms with Gasteiger partial charge in [-0.15, -0.1) is 0 Å². The molecule has 1 aromatic heterocycles. The summed E-state index contributed by atoms with van der Waals surface area (Å²) in [5, 5.41) is 0.742. The first-order valence-electron chi connectivity index (χ1n) is 8.58. The zero-order valence-electron chi connectivity index (χ0n) is 14.8. The summed E-state index contributed by atoms with van der Waals surface area (Å²) < 4.78 is 24.6. The highest BCUT2D eigenvalue weighted by Gasteiger charge is 2.19. The van der Waals surface area contributed by atoms with E-state index in [2.05, 4.69) is 4.98 Å². The molecule has 2 aromatic rings. The van der Waals surface area contributed by atoms with Crippen LogP contribution < -0.4 is 10.5 Å². The molecule has 6 heteroatoms. The predicted molar refractivity (Wildman–Crippen MR) is 95.0 cm³/mol. The minimum Gasteiger partial charge on any atom is -0.497 e. The lowest BCUT2D eigenvalue weighted by Crippen LogP contribution is -2.21. The fraction of sp³-hybridized carbons (Fsp3) is 0.474. The molecule has 0 saturated carbocycles. The Morgan fingerprint density at radius 3 is 2.84 bits per heavy atom. The van der Waals surface area contributed by atoms with E-state index < -0.39 is 0 Å². The molecule has 5 nitrogen and oxygen atoms in total. The predicted octanol–water partition coefficient (Wildman–Crippen LogP) is 3.23. The molecule has 136 valence electrons. The molecule has 0 radical (unpaired) electrons. The summed E-state index contributed by atoms with van der Waals surface area (Å²) in [6.45, 7) is 2.56. The first-order chi connectivity index (χ1) is 12.1. The van der Waals surface area contributed by atoms with Gasteiger partial charge in [0.25, 0.3) is 0 Å². The molecule has 25 heavy (non-hydrogen) atoms. The highest BCUT2D eigenvalue weighted by Crippen LogP contribution is 2.26. The maximum absolute atomic E-state index is 14.3. The number of esters is 1. The number of nitrogens with two attached hydrogens (primary N) is 1. The van der Waals surface area contributed by atoms with Crippen LogP contribution in [0, 0.1) is 11.7 Å². The molecule has 1 aromatic carbocycles. The Hall–Kier alpha value is -2.21. The Labute approximate surface area is 147 Å². The van der Waals surface area contributed by atoms with Crippen molar-refractivity contribution in [2.24, 2.45) is 11.7 Å². The molecule has 1 atom stereocenters. The quantitative estimate of drug-likeness (QED) is 0.704. The number of rotatable bonds is 9. The Morgan fingerprint density at radius 1 is 1.36 bits per heavy atom. The van der Waals surface area contributed by atoms with Crippen LogP contribution in [0.4, 0.5) is 4.39 Å². The molecule has 0 aliphatic heterocycles. The minimum atomic E-state index is -0.340. The molecule has 2 rings (SSSR count). The number of aryl methyl sites for hydroxylation is 1. The molecule has 0 spiro atoms. The zero-order chi connectivity index (χ0) is 18.2. The molecule has 0 fully saturated rings. The van der Waals surface area contributed by atoms with Crippen LogP contribution in [0.25, 0.3) is 10.9 Å². The molecule has 1 unspecified atom stereocenters. The molecule has 1 heterocycles. The van der Waals surface area contributed by atoms with Crippen molar-refractivity contribution < 1.29 is 18.7 Å². The van der Waals surface area contributed by atoms with E-state index in [1.165, 1.54) is 6.20 Å². The van der Waals surface area contributed by atoms with Crippen molar-refractivity contribution in [2.75, 3.05) is 20.3 Å². The highest BCUT2D eigenvalue weighted by atomic mass is 19.1. The summed E-state index contributed by atoms with van der Waals surface area (Å²) in [5.41, 5.74) is 6.91. The number of aromatic nitrogens is 1. The zero-order valence-corrected chi connectivity index (χ0v) is 14.8. The van der Waals surface area contributed by atoms with Crippen LogP contribution in [0.5, 0.6) is 5.75 Å². The highest BCUT2D eigenvalue weighted by molar-refractivity contribution is 5.83. The fourth-order valence-corrected chi connectivity index (χ4v) is 2.95. The summed E-state index contributed by atoms with van der Waals surface area (Å²) in [4.78, 5) is 16.1. The molecule has 2 N–H and O–H groups in total. The molecule has 0 aliphatic carbocycles. The van der Waals surface area contributed by atoms with Gasteiger partial charge >= 0.3 is 5.97 Å². The van der Waals surface area contributed by atoms with Crippen LogP contribution in [0.15, 0.2) is 24.4 Å². The number of carbonyl (C=O) groups excluding carboxylic acids is 1. The fourth-order valence-electron chi connectivity index (χ4n) is 2.95. The van der Waals surface area contributed by atoms with Crippen molar-refractivity contribution in [1.82, 2.24) is 4.98 Å². The molecule has 0 amide bonds. The maximum Gasteiger partial charge on any atom is 0.308 e. The Morgan fingerprint density at radius 2 is 2.16 bits per heavy atom. The van der Waals surface area contributed by atoms with Gasteiger partial charge in [-0.3, -0.25) is 9.78 Å². The minimum absolute atomic E-state index is 0.227. The second-order valence-corrected chi connectivity index (χ2v) is 5.89. The molecule has 0 saturated heterocycles. The van der Waals surface area contributed by atoms with Gasteiger partial charge in [-0.25, -0.2) is 4.39 Å². The number of benzene rings is 1. The molecule has 0 bridgehead atoms. The van der Waals surface area contributed by atoms with Gasteiger partial charge in [-0.1, -0.05) is 0 Å². The van der Waals surface area contributed by atoms with Crippen LogP contribution in [0.2, 0.25) is 0 Å². The van der Waals surface area contributed by atoms with Gasteiger partial charge < -0.3 is 15.2 Å². The summed E-state index contributed by atoms with van der Waals surface area (Å²) in [6, 6.07) is 5.41. The summed E-state index contributed by atoms with van der Waals surface area (Å²) in [5.74, 6) is -0.147. The number of ether oxygens (including phenoxy) is 2. The lowest BCUT2D eigenvalue weighted by molar-refractivity contribution is -0.148. The smallest absolute Gasteiger partial charge is 0.308 e. The number of methoxy groups -OCH3 is 1. The number of pyridine rings is 1. The van der Waals surface area contributed by atoms with Gasteiger partial charge in [-0.2, -0.15) is 0 Å². The van der Waals surface area contributed by atoms with Crippen molar-refractivity contribution in [3.8, 4) is 5.75 Å².